The zero-order chi connectivity index (χ0) is 22.5. The Morgan fingerprint density at radius 2 is 1.70 bits per heavy atom. The molecule has 0 aromatic heterocycles. The number of hydrogen-bond acceptors (Lipinski definition) is 3. The van der Waals surface area contributed by atoms with Gasteiger partial charge in [-0.05, 0) is 43.3 Å². The molecule has 0 aliphatic carbocycles. The minimum atomic E-state index is -3.77. The molecule has 2 rings (SSSR count). The molecule has 0 atom stereocenters. The van der Waals surface area contributed by atoms with Crippen LogP contribution in [0.1, 0.15) is 12.5 Å². The standard InChI is InChI=1S/C19H16Cl4F2N2O3/c1-3-29-16(15-13(20)5-4-6-14(15)21)26-18(28)27(2)11-7-9-12(10-8-11)30-19(24,25)17(22)23/h4-10,17H,3H2,1-2H3/b26-16-. The van der Waals surface area contributed by atoms with E-state index in [9.17, 15) is 13.6 Å². The Balaban J connectivity index is 2.25. The third-order valence-corrected chi connectivity index (χ3v) is 4.81. The Hall–Kier alpha value is -1.80. The molecule has 0 N–H and O–H groups in total. The molecular formula is C19H16Cl4F2N2O3. The predicted octanol–water partition coefficient (Wildman–Crippen LogP) is 6.81. The molecule has 0 spiro atoms. The second-order valence-corrected chi connectivity index (χ2v) is 7.66. The topological polar surface area (TPSA) is 51.1 Å². The first-order chi connectivity index (χ1) is 14.1. The number of aliphatic imine (C=N–C) groups is 1. The molecule has 0 heterocycles. The molecule has 0 saturated heterocycles. The lowest BCUT2D eigenvalue weighted by Crippen LogP contribution is -2.32. The number of ether oxygens (including phenoxy) is 2. The SMILES string of the molecule is CCO/C(=N\C(=O)N(C)c1ccc(OC(F)(F)C(Cl)Cl)cc1)c1c(Cl)cccc1Cl. The van der Waals surface area contributed by atoms with Gasteiger partial charge in [0.1, 0.15) is 5.75 Å². The lowest BCUT2D eigenvalue weighted by molar-refractivity contribution is -0.163. The summed E-state index contributed by atoms with van der Waals surface area (Å²) in [5.74, 6) is -0.225. The van der Waals surface area contributed by atoms with Crippen LogP contribution < -0.4 is 9.64 Å². The van der Waals surface area contributed by atoms with E-state index < -0.39 is 17.0 Å². The van der Waals surface area contributed by atoms with Gasteiger partial charge in [-0.1, -0.05) is 52.5 Å². The molecule has 0 aliphatic heterocycles. The zero-order valence-corrected chi connectivity index (χ0v) is 18.7. The van der Waals surface area contributed by atoms with E-state index in [0.717, 1.165) is 0 Å². The highest BCUT2D eigenvalue weighted by atomic mass is 35.5. The van der Waals surface area contributed by atoms with Crippen molar-refractivity contribution in [1.82, 2.24) is 0 Å². The number of alkyl halides is 4. The molecule has 2 amide bonds. The Morgan fingerprint density at radius 1 is 1.13 bits per heavy atom. The van der Waals surface area contributed by atoms with E-state index in [4.69, 9.17) is 51.1 Å². The van der Waals surface area contributed by atoms with Gasteiger partial charge in [0.25, 0.3) is 0 Å². The van der Waals surface area contributed by atoms with Gasteiger partial charge in [0.15, 0.2) is 0 Å². The van der Waals surface area contributed by atoms with Crippen LogP contribution in [0.15, 0.2) is 47.5 Å². The third kappa shape index (κ3) is 6.11. The molecule has 0 fully saturated rings. The molecule has 0 aliphatic rings. The molecule has 0 bridgehead atoms. The molecule has 5 nitrogen and oxygen atoms in total. The monoisotopic (exact) mass is 498 g/mol. The second kappa shape index (κ2) is 10.5. The molecule has 30 heavy (non-hydrogen) atoms. The third-order valence-electron chi connectivity index (χ3n) is 3.67. The van der Waals surface area contributed by atoms with Crippen LogP contribution in [0.4, 0.5) is 19.3 Å². The summed E-state index contributed by atoms with van der Waals surface area (Å²) in [5.41, 5.74) is 0.640. The van der Waals surface area contributed by atoms with E-state index in [1.165, 1.54) is 36.2 Å². The summed E-state index contributed by atoms with van der Waals surface area (Å²) in [6, 6.07) is 9.38. The number of anilines is 1. The summed E-state index contributed by atoms with van der Waals surface area (Å²) in [7, 11) is 1.45. The van der Waals surface area contributed by atoms with Crippen molar-refractivity contribution in [3.63, 3.8) is 0 Å². The Bertz CT molecular complexity index is 904. The van der Waals surface area contributed by atoms with Crippen LogP contribution in [0, 0.1) is 0 Å². The van der Waals surface area contributed by atoms with Crippen molar-refractivity contribution < 1.29 is 23.0 Å². The maximum absolute atomic E-state index is 13.5. The van der Waals surface area contributed by atoms with Gasteiger partial charge in [-0.2, -0.15) is 13.8 Å². The van der Waals surface area contributed by atoms with Crippen LogP contribution in [0.3, 0.4) is 0 Å². The van der Waals surface area contributed by atoms with E-state index in [-0.39, 0.29) is 33.9 Å². The molecule has 0 unspecified atom stereocenters. The Morgan fingerprint density at radius 3 is 2.20 bits per heavy atom. The fourth-order valence-corrected chi connectivity index (χ4v) is 2.86. The quantitative estimate of drug-likeness (QED) is 0.249. The van der Waals surface area contributed by atoms with Gasteiger partial charge in [-0.3, -0.25) is 4.90 Å². The highest BCUT2D eigenvalue weighted by molar-refractivity contribution is 6.44. The van der Waals surface area contributed by atoms with Gasteiger partial charge in [-0.25, -0.2) is 4.79 Å². The van der Waals surface area contributed by atoms with Gasteiger partial charge in [0.2, 0.25) is 10.7 Å². The summed E-state index contributed by atoms with van der Waals surface area (Å²) >= 11 is 22.7. The largest absolute Gasteiger partial charge is 0.477 e. The molecule has 2 aromatic carbocycles. The van der Waals surface area contributed by atoms with Crippen molar-refractivity contribution in [3.8, 4) is 5.75 Å². The summed E-state index contributed by atoms with van der Waals surface area (Å²) in [6.07, 6.45) is -3.77. The number of carbonyl (C=O) groups excluding carboxylic acids is 1. The van der Waals surface area contributed by atoms with Gasteiger partial charge in [0.05, 0.1) is 22.2 Å². The summed E-state index contributed by atoms with van der Waals surface area (Å²) in [4.78, 5) is 15.7. The average Bonchev–Trinajstić information content (AvgIpc) is 2.67. The number of urea groups is 1. The number of carbonyl (C=O) groups is 1. The molecule has 11 heteroatoms. The smallest absolute Gasteiger partial charge is 0.428 e. The van der Waals surface area contributed by atoms with E-state index in [1.807, 2.05) is 0 Å². The van der Waals surface area contributed by atoms with Gasteiger partial charge >= 0.3 is 12.1 Å². The summed E-state index contributed by atoms with van der Waals surface area (Å²) in [6.45, 7) is 1.94. The van der Waals surface area contributed by atoms with Crippen molar-refractivity contribution in [1.29, 1.82) is 0 Å². The van der Waals surface area contributed by atoms with Crippen LogP contribution in [-0.4, -0.2) is 36.5 Å². The van der Waals surface area contributed by atoms with Crippen molar-refractivity contribution in [2.75, 3.05) is 18.6 Å². The maximum atomic E-state index is 13.5. The number of nitrogens with zero attached hydrogens (tertiary/aromatic N) is 2. The van der Waals surface area contributed by atoms with Crippen molar-refractivity contribution in [2.24, 2.45) is 4.99 Å². The molecule has 0 saturated carbocycles. The number of halogens is 6. The van der Waals surface area contributed by atoms with E-state index in [0.29, 0.717) is 5.69 Å². The van der Waals surface area contributed by atoms with Crippen LogP contribution in [0.5, 0.6) is 5.75 Å². The highest BCUT2D eigenvalue weighted by Gasteiger charge is 2.40. The second-order valence-electron chi connectivity index (χ2n) is 5.75. The van der Waals surface area contributed by atoms with Crippen LogP contribution in [-0.2, 0) is 4.74 Å². The minimum absolute atomic E-state index is 0.0418. The van der Waals surface area contributed by atoms with E-state index in [2.05, 4.69) is 9.73 Å². The van der Waals surface area contributed by atoms with Crippen LogP contribution >= 0.6 is 46.4 Å². The van der Waals surface area contributed by atoms with Crippen LogP contribution in [0.25, 0.3) is 0 Å². The van der Waals surface area contributed by atoms with E-state index >= 15 is 0 Å². The summed E-state index contributed by atoms with van der Waals surface area (Å²) < 4.78 is 36.8. The lowest BCUT2D eigenvalue weighted by atomic mass is 10.2. The average molecular weight is 500 g/mol. The molecule has 2 aromatic rings. The number of amides is 2. The predicted molar refractivity (Wildman–Crippen MR) is 116 cm³/mol. The fraction of sp³-hybridized carbons (Fsp3) is 0.263. The maximum Gasteiger partial charge on any atom is 0.428 e. The van der Waals surface area contributed by atoms with Gasteiger partial charge in [-0.15, -0.1) is 0 Å². The van der Waals surface area contributed by atoms with Crippen molar-refractivity contribution in [2.45, 2.75) is 17.9 Å². The lowest BCUT2D eigenvalue weighted by Gasteiger charge is -2.20. The number of hydrogen-bond donors (Lipinski definition) is 0. The van der Waals surface area contributed by atoms with Crippen LogP contribution in [0.2, 0.25) is 10.0 Å². The molecular weight excluding hydrogens is 484 g/mol. The Kier molecular flexibility index (Phi) is 8.55. The number of rotatable bonds is 6. The first kappa shape index (κ1) is 24.5. The molecule has 162 valence electrons. The summed E-state index contributed by atoms with van der Waals surface area (Å²) in [5, 5.41) is 0.536. The molecule has 0 radical (unpaired) electrons. The van der Waals surface area contributed by atoms with Crippen molar-refractivity contribution >= 4 is 64.0 Å². The van der Waals surface area contributed by atoms with Crippen molar-refractivity contribution in [3.05, 3.63) is 58.1 Å². The fourth-order valence-electron chi connectivity index (χ4n) is 2.21. The van der Waals surface area contributed by atoms with E-state index in [1.54, 1.807) is 25.1 Å². The Labute approximate surface area is 192 Å². The zero-order valence-electron chi connectivity index (χ0n) is 15.7. The van der Waals surface area contributed by atoms with Gasteiger partial charge in [0, 0.05) is 12.7 Å². The first-order valence-electron chi connectivity index (χ1n) is 8.45. The number of benzene rings is 2. The normalized spacial score (nSPS) is 12.1. The highest BCUT2D eigenvalue weighted by Crippen LogP contribution is 2.31. The van der Waals surface area contributed by atoms with Gasteiger partial charge < -0.3 is 9.47 Å². The first-order valence-corrected chi connectivity index (χ1v) is 10.1. The minimum Gasteiger partial charge on any atom is -0.477 e.